The summed E-state index contributed by atoms with van der Waals surface area (Å²) in [6.45, 7) is 19.6. The molecule has 0 aliphatic carbocycles. The lowest BCUT2D eigenvalue weighted by Crippen LogP contribution is -2.10. The van der Waals surface area contributed by atoms with Crippen LogP contribution in [0, 0.1) is 10.1 Å². The van der Waals surface area contributed by atoms with Crippen LogP contribution in [0.2, 0.25) is 0 Å². The Morgan fingerprint density at radius 3 is 1.24 bits per heavy atom. The van der Waals surface area contributed by atoms with Crippen LogP contribution in [0.15, 0.2) is 72.8 Å². The van der Waals surface area contributed by atoms with Crippen molar-refractivity contribution < 1.29 is 4.92 Å². The molecule has 55 heavy (non-hydrogen) atoms. The number of fused-ring (bicyclic) bond motifs is 20. The molecule has 2 aliphatic heterocycles. The van der Waals surface area contributed by atoms with Gasteiger partial charge in [0.15, 0.2) is 23.3 Å². The quantitative estimate of drug-likeness (QED) is 0.125. The van der Waals surface area contributed by atoms with E-state index in [-0.39, 0.29) is 21.9 Å². The van der Waals surface area contributed by atoms with Crippen LogP contribution in [0.1, 0.15) is 79.0 Å². The van der Waals surface area contributed by atoms with E-state index < -0.39 is 4.92 Å². The molecule has 3 aromatic heterocycles. The highest BCUT2D eigenvalue weighted by atomic mass is 16.6. The molecular weight excluding hydrogens is 687 g/mol. The second-order valence-corrected chi connectivity index (χ2v) is 17.6. The molecule has 2 N–H and O–H groups in total. The molecule has 0 saturated heterocycles. The first-order valence-corrected chi connectivity index (χ1v) is 18.5. The molecule has 11 heteroatoms. The Kier molecular flexibility index (Phi) is 7.24. The number of nitro benzene ring substituents is 1. The van der Waals surface area contributed by atoms with E-state index in [4.69, 9.17) is 29.9 Å². The van der Waals surface area contributed by atoms with Gasteiger partial charge in [0.2, 0.25) is 0 Å². The Balaban J connectivity index is 1.47. The Morgan fingerprint density at radius 2 is 0.800 bits per heavy atom. The molecule has 0 fully saturated rings. The van der Waals surface area contributed by atoms with Gasteiger partial charge in [0.05, 0.1) is 4.92 Å². The summed E-state index contributed by atoms with van der Waals surface area (Å²) in [5.41, 5.74) is 8.48. The largest absolute Gasteiger partial charge is 0.324 e. The molecule has 0 saturated carbocycles. The fourth-order valence-electron chi connectivity index (χ4n) is 7.30. The van der Waals surface area contributed by atoms with Crippen molar-refractivity contribution in [2.24, 2.45) is 0 Å². The summed E-state index contributed by atoms with van der Waals surface area (Å²) in [4.78, 5) is 49.3. The zero-order chi connectivity index (χ0) is 38.8. The van der Waals surface area contributed by atoms with Crippen LogP contribution in [-0.4, -0.2) is 44.8 Å². The van der Waals surface area contributed by atoms with Gasteiger partial charge in [-0.05, 0) is 57.2 Å². The van der Waals surface area contributed by atoms with Gasteiger partial charge in [0.25, 0.3) is 5.69 Å². The summed E-state index contributed by atoms with van der Waals surface area (Å²) in [7, 11) is 0. The van der Waals surface area contributed by atoms with Crippen LogP contribution in [0.4, 0.5) is 5.69 Å². The molecule has 0 atom stereocenters. The van der Waals surface area contributed by atoms with Crippen molar-refractivity contribution in [2.75, 3.05) is 0 Å². The van der Waals surface area contributed by atoms with Gasteiger partial charge in [0, 0.05) is 55.9 Å². The molecule has 8 bridgehead atoms. The number of nitro groups is 1. The lowest BCUT2D eigenvalue weighted by Gasteiger charge is -2.19. The van der Waals surface area contributed by atoms with Crippen LogP contribution in [0.5, 0.6) is 0 Å². The van der Waals surface area contributed by atoms with Gasteiger partial charge in [-0.2, -0.15) is 0 Å². The fraction of sp³-hybridized carbons (Fsp3) is 0.273. The second-order valence-electron chi connectivity index (χ2n) is 17.6. The molecule has 0 radical (unpaired) electrons. The molecule has 2 aliphatic rings. The van der Waals surface area contributed by atoms with Gasteiger partial charge < -0.3 is 9.97 Å². The fourth-order valence-corrected chi connectivity index (χ4v) is 7.30. The maximum Gasteiger partial charge on any atom is 0.270 e. The molecule has 5 heterocycles. The summed E-state index contributed by atoms with van der Waals surface area (Å²) in [6.07, 6.45) is 0. The first-order valence-electron chi connectivity index (χ1n) is 18.5. The van der Waals surface area contributed by atoms with E-state index in [1.54, 1.807) is 6.07 Å². The summed E-state index contributed by atoms with van der Waals surface area (Å²) < 4.78 is 0. The summed E-state index contributed by atoms with van der Waals surface area (Å²) in [5.74, 6) is 1.93. The molecule has 274 valence electrons. The lowest BCUT2D eigenvalue weighted by atomic mass is 9.85. The molecule has 9 rings (SSSR count). The van der Waals surface area contributed by atoms with Crippen molar-refractivity contribution in [3.63, 3.8) is 0 Å². The molecule has 0 spiro atoms. The minimum Gasteiger partial charge on any atom is -0.324 e. The smallest absolute Gasteiger partial charge is 0.270 e. The van der Waals surface area contributed by atoms with Gasteiger partial charge in [-0.1, -0.05) is 98.7 Å². The first-order chi connectivity index (χ1) is 25.9. The van der Waals surface area contributed by atoms with Crippen LogP contribution in [-0.2, 0) is 16.2 Å². The van der Waals surface area contributed by atoms with E-state index in [9.17, 15) is 10.1 Å². The highest BCUT2D eigenvalue weighted by Gasteiger charge is 2.26. The van der Waals surface area contributed by atoms with Gasteiger partial charge in [-0.15, -0.1) is 0 Å². The third-order valence-corrected chi connectivity index (χ3v) is 10.6. The van der Waals surface area contributed by atoms with E-state index in [1.807, 2.05) is 6.07 Å². The summed E-state index contributed by atoms with van der Waals surface area (Å²) in [6, 6.07) is 23.7. The van der Waals surface area contributed by atoms with Gasteiger partial charge in [0.1, 0.15) is 22.6 Å². The normalized spacial score (nSPS) is 13.0. The van der Waals surface area contributed by atoms with Crippen molar-refractivity contribution in [1.82, 2.24) is 39.9 Å². The Hall–Kier alpha value is -6.36. The summed E-state index contributed by atoms with van der Waals surface area (Å²) >= 11 is 0. The van der Waals surface area contributed by atoms with E-state index in [1.165, 1.54) is 17.7 Å². The van der Waals surface area contributed by atoms with Crippen molar-refractivity contribution in [1.29, 1.82) is 0 Å². The number of hydrogen-bond donors (Lipinski definition) is 2. The minimum absolute atomic E-state index is 0.0529. The minimum atomic E-state index is -0.406. The van der Waals surface area contributed by atoms with Crippen molar-refractivity contribution in [3.8, 4) is 45.6 Å². The van der Waals surface area contributed by atoms with E-state index in [2.05, 4.69) is 121 Å². The standard InChI is InChI=1S/C44H41N9O2/c1-42(2,3)22-10-14-26-30(18-22)38-45-34(26)47-39-32-20-24(44(7,8)9)12-16-28(32)36(49-39)51-41-33-21-25(53(54)55)13-17-29(33)37(52-41)50-40-31-19-23(43(4,5)6)11-15-27(31)35(46-38)48-40/h10-21H,1-9H3,(H2,45,46,47,48,49,50,51,52). The predicted molar refractivity (Wildman–Crippen MR) is 219 cm³/mol. The third kappa shape index (κ3) is 5.73. The van der Waals surface area contributed by atoms with E-state index in [0.29, 0.717) is 56.7 Å². The van der Waals surface area contributed by atoms with E-state index in [0.717, 1.165) is 44.2 Å². The Morgan fingerprint density at radius 1 is 0.436 bits per heavy atom. The second kappa shape index (κ2) is 11.6. The number of non-ortho nitro benzene ring substituents is 1. The Labute approximate surface area is 317 Å². The summed E-state index contributed by atoms with van der Waals surface area (Å²) in [5, 5.41) is 15.0. The van der Waals surface area contributed by atoms with Crippen LogP contribution < -0.4 is 0 Å². The molecule has 0 amide bonds. The maximum atomic E-state index is 12.0. The van der Waals surface area contributed by atoms with Gasteiger partial charge >= 0.3 is 0 Å². The maximum absolute atomic E-state index is 12.0. The highest BCUT2D eigenvalue weighted by Crippen LogP contribution is 2.41. The van der Waals surface area contributed by atoms with Crippen molar-refractivity contribution >= 4 is 49.8 Å². The van der Waals surface area contributed by atoms with Gasteiger partial charge in [-0.3, -0.25) is 10.1 Å². The number of nitrogens with zero attached hydrogens (tertiary/aromatic N) is 7. The number of nitrogens with one attached hydrogen (secondary N) is 2. The molecule has 4 aromatic carbocycles. The van der Waals surface area contributed by atoms with Crippen molar-refractivity contribution in [2.45, 2.75) is 78.6 Å². The molecular formula is C44H41N9O2. The average Bonchev–Trinajstić information content (AvgIpc) is 3.85. The molecule has 11 nitrogen and oxygen atoms in total. The molecule has 7 aromatic rings. The predicted octanol–water partition coefficient (Wildman–Crippen LogP) is 10.7. The highest BCUT2D eigenvalue weighted by molar-refractivity contribution is 6.07. The zero-order valence-corrected chi connectivity index (χ0v) is 32.4. The van der Waals surface area contributed by atoms with Crippen molar-refractivity contribution in [3.05, 3.63) is 99.6 Å². The van der Waals surface area contributed by atoms with Crippen LogP contribution in [0.25, 0.3) is 89.7 Å². The Bertz CT molecular complexity index is 2950. The number of rotatable bonds is 1. The number of benzene rings is 4. The number of hydrogen-bond acceptors (Lipinski definition) is 8. The number of aromatic amines is 2. The van der Waals surface area contributed by atoms with Gasteiger partial charge in [-0.25, -0.2) is 29.9 Å². The number of aromatic nitrogens is 8. The van der Waals surface area contributed by atoms with Crippen LogP contribution in [0.3, 0.4) is 0 Å². The first kappa shape index (κ1) is 34.4. The third-order valence-electron chi connectivity index (χ3n) is 10.6. The topological polar surface area (TPSA) is 152 Å². The SMILES string of the molecule is CC(C)(C)c1ccc2c(c1)-c1nc-2nc2[nH]c(nc3nc(nc4[nH]c(n1)c1ccc([N+](=O)[O-])cc41)-c1ccc(C(C)(C)C)cc1-3)c1ccc(C(C)(C)C)cc21. The monoisotopic (exact) mass is 727 g/mol. The van der Waals surface area contributed by atoms with Crippen LogP contribution >= 0.6 is 0 Å². The van der Waals surface area contributed by atoms with E-state index >= 15 is 0 Å². The molecule has 0 unspecified atom stereocenters. The zero-order valence-electron chi connectivity index (χ0n) is 32.4. The average molecular weight is 728 g/mol. The lowest BCUT2D eigenvalue weighted by molar-refractivity contribution is -0.384. The number of H-pyrrole nitrogens is 2.